The van der Waals surface area contributed by atoms with E-state index in [1.165, 1.54) is 0 Å². The van der Waals surface area contributed by atoms with Gasteiger partial charge in [-0.3, -0.25) is 4.79 Å². The van der Waals surface area contributed by atoms with Crippen molar-refractivity contribution in [3.63, 3.8) is 0 Å². The number of nitrogens with one attached hydrogen (secondary N) is 1. The maximum atomic E-state index is 12.7. The predicted molar refractivity (Wildman–Crippen MR) is 104 cm³/mol. The first kappa shape index (κ1) is 18.2. The smallest absolute Gasteiger partial charge is 0.270 e. The monoisotopic (exact) mass is 371 g/mol. The molecule has 0 fully saturated rings. The van der Waals surface area contributed by atoms with E-state index in [0.717, 1.165) is 23.6 Å². The summed E-state index contributed by atoms with van der Waals surface area (Å²) in [5.74, 6) is -0.167. The fourth-order valence-corrected chi connectivity index (χ4v) is 2.87. The van der Waals surface area contributed by atoms with Crippen molar-refractivity contribution in [3.05, 3.63) is 59.4 Å². The van der Waals surface area contributed by atoms with Gasteiger partial charge in [0.2, 0.25) is 0 Å². The highest BCUT2D eigenvalue weighted by atomic mass is 35.5. The van der Waals surface area contributed by atoms with Crippen molar-refractivity contribution in [2.75, 3.05) is 27.2 Å². The molecule has 0 aliphatic carbocycles. The number of benzene rings is 1. The molecule has 0 aliphatic rings. The van der Waals surface area contributed by atoms with Crippen LogP contribution >= 0.6 is 11.6 Å². The number of aromatic nitrogens is 3. The van der Waals surface area contributed by atoms with Crippen molar-refractivity contribution >= 4 is 17.5 Å². The summed E-state index contributed by atoms with van der Waals surface area (Å²) in [4.78, 5) is 14.8. The molecular formula is C19H22ClN5O. The Bertz CT molecular complexity index is 912. The number of likely N-dealkylation sites (N-methyl/N-ethyl adjacent to an activating group) is 1. The minimum Gasteiger partial charge on any atom is -0.349 e. The Hall–Kier alpha value is -2.57. The molecule has 7 heteroatoms. The minimum atomic E-state index is -0.167. The van der Waals surface area contributed by atoms with Gasteiger partial charge >= 0.3 is 0 Å². The second kappa shape index (κ2) is 7.76. The van der Waals surface area contributed by atoms with Gasteiger partial charge < -0.3 is 14.8 Å². The van der Waals surface area contributed by atoms with Gasteiger partial charge in [0.05, 0.1) is 11.4 Å². The molecule has 0 saturated carbocycles. The van der Waals surface area contributed by atoms with Crippen LogP contribution in [0.2, 0.25) is 5.02 Å². The van der Waals surface area contributed by atoms with E-state index in [2.05, 4.69) is 10.4 Å². The maximum absolute atomic E-state index is 12.7. The van der Waals surface area contributed by atoms with E-state index >= 15 is 0 Å². The number of nitrogens with zero attached hydrogens (tertiary/aromatic N) is 4. The van der Waals surface area contributed by atoms with Crippen molar-refractivity contribution in [1.29, 1.82) is 0 Å². The molecule has 0 aliphatic heterocycles. The van der Waals surface area contributed by atoms with Crippen LogP contribution in [0.4, 0.5) is 0 Å². The molecule has 2 heterocycles. The third-order valence-electron chi connectivity index (χ3n) is 4.05. The molecule has 0 unspecified atom stereocenters. The van der Waals surface area contributed by atoms with Gasteiger partial charge in [-0.05, 0) is 50.5 Å². The number of rotatable bonds is 6. The molecule has 0 atom stereocenters. The number of halogens is 1. The SMILES string of the molecule is CN(C)CCNC(=O)c1cc(-c2cccn2C)nn1-c1cccc(Cl)c1. The molecule has 1 aromatic carbocycles. The van der Waals surface area contributed by atoms with Gasteiger partial charge in [0, 0.05) is 31.4 Å². The first-order valence-corrected chi connectivity index (χ1v) is 8.74. The fourth-order valence-electron chi connectivity index (χ4n) is 2.68. The molecule has 6 nitrogen and oxygen atoms in total. The molecular weight excluding hydrogens is 350 g/mol. The van der Waals surface area contributed by atoms with Crippen molar-refractivity contribution in [2.24, 2.45) is 7.05 Å². The summed E-state index contributed by atoms with van der Waals surface area (Å²) in [6.07, 6.45) is 1.95. The standard InChI is InChI=1S/C19H22ClN5O/c1-23(2)11-9-21-19(26)18-13-16(17-8-5-10-24(17)3)22-25(18)15-7-4-6-14(20)12-15/h4-8,10,12-13H,9,11H2,1-3H3,(H,21,26). The second-order valence-corrected chi connectivity index (χ2v) is 6.81. The van der Waals surface area contributed by atoms with Crippen molar-refractivity contribution < 1.29 is 4.79 Å². The van der Waals surface area contributed by atoms with Gasteiger partial charge in [0.1, 0.15) is 11.4 Å². The molecule has 3 aromatic rings. The molecule has 0 spiro atoms. The number of carbonyl (C=O) groups is 1. The zero-order chi connectivity index (χ0) is 18.7. The third kappa shape index (κ3) is 3.98. The molecule has 0 saturated heterocycles. The summed E-state index contributed by atoms with van der Waals surface area (Å²) < 4.78 is 3.61. The van der Waals surface area contributed by atoms with Gasteiger partial charge in [0.25, 0.3) is 5.91 Å². The van der Waals surface area contributed by atoms with Gasteiger partial charge in [0.15, 0.2) is 0 Å². The summed E-state index contributed by atoms with van der Waals surface area (Å²) in [6.45, 7) is 1.33. The Balaban J connectivity index is 1.99. The number of aryl methyl sites for hydroxylation is 1. The van der Waals surface area contributed by atoms with Gasteiger partial charge in [-0.15, -0.1) is 0 Å². The summed E-state index contributed by atoms with van der Waals surface area (Å²) in [6, 6.07) is 13.0. The first-order chi connectivity index (χ1) is 12.5. The van der Waals surface area contributed by atoms with Gasteiger partial charge in [-0.1, -0.05) is 17.7 Å². The number of carbonyl (C=O) groups excluding carboxylic acids is 1. The van der Waals surface area contributed by atoms with E-state index in [1.54, 1.807) is 22.9 Å². The number of amides is 1. The Kier molecular flexibility index (Phi) is 5.44. The van der Waals surface area contributed by atoms with Crippen molar-refractivity contribution in [2.45, 2.75) is 0 Å². The zero-order valence-electron chi connectivity index (χ0n) is 15.1. The molecule has 1 amide bonds. The van der Waals surface area contributed by atoms with Crippen LogP contribution in [0.15, 0.2) is 48.7 Å². The van der Waals surface area contributed by atoms with Crippen LogP contribution in [0.1, 0.15) is 10.5 Å². The third-order valence-corrected chi connectivity index (χ3v) is 4.28. The lowest BCUT2D eigenvalue weighted by molar-refractivity contribution is 0.0943. The Labute approximate surface area is 158 Å². The normalized spacial score (nSPS) is 11.1. The zero-order valence-corrected chi connectivity index (χ0v) is 15.9. The van der Waals surface area contributed by atoms with E-state index in [-0.39, 0.29) is 5.91 Å². The van der Waals surface area contributed by atoms with Crippen LogP contribution in [0.3, 0.4) is 0 Å². The largest absolute Gasteiger partial charge is 0.349 e. The number of hydrogen-bond acceptors (Lipinski definition) is 3. The molecule has 26 heavy (non-hydrogen) atoms. The van der Waals surface area contributed by atoms with E-state index in [4.69, 9.17) is 11.6 Å². The van der Waals surface area contributed by atoms with E-state index in [0.29, 0.717) is 17.3 Å². The van der Waals surface area contributed by atoms with Crippen molar-refractivity contribution in [1.82, 2.24) is 24.6 Å². The molecule has 2 aromatic heterocycles. The van der Waals surface area contributed by atoms with Crippen LogP contribution in [0.5, 0.6) is 0 Å². The van der Waals surface area contributed by atoms with Gasteiger partial charge in [-0.25, -0.2) is 4.68 Å². The highest BCUT2D eigenvalue weighted by Crippen LogP contribution is 2.23. The summed E-state index contributed by atoms with van der Waals surface area (Å²) in [5.41, 5.74) is 2.89. The summed E-state index contributed by atoms with van der Waals surface area (Å²) >= 11 is 6.13. The average Bonchev–Trinajstić information content (AvgIpc) is 3.20. The highest BCUT2D eigenvalue weighted by Gasteiger charge is 2.18. The van der Waals surface area contributed by atoms with Gasteiger partial charge in [-0.2, -0.15) is 5.10 Å². The molecule has 0 bridgehead atoms. The second-order valence-electron chi connectivity index (χ2n) is 6.37. The Morgan fingerprint density at radius 2 is 2.04 bits per heavy atom. The lowest BCUT2D eigenvalue weighted by Crippen LogP contribution is -2.32. The first-order valence-electron chi connectivity index (χ1n) is 8.36. The highest BCUT2D eigenvalue weighted by molar-refractivity contribution is 6.30. The lowest BCUT2D eigenvalue weighted by Gasteiger charge is -2.11. The van der Waals surface area contributed by atoms with E-state index in [9.17, 15) is 4.79 Å². The molecule has 3 rings (SSSR count). The Morgan fingerprint density at radius 1 is 1.23 bits per heavy atom. The topological polar surface area (TPSA) is 55.1 Å². The number of hydrogen-bond donors (Lipinski definition) is 1. The molecule has 0 radical (unpaired) electrons. The summed E-state index contributed by atoms with van der Waals surface area (Å²) in [7, 11) is 5.89. The van der Waals surface area contributed by atoms with Crippen molar-refractivity contribution in [3.8, 4) is 17.1 Å². The average molecular weight is 372 g/mol. The summed E-state index contributed by atoms with van der Waals surface area (Å²) in [5, 5.41) is 8.20. The molecule has 1 N–H and O–H groups in total. The quantitative estimate of drug-likeness (QED) is 0.725. The van der Waals surface area contributed by atoms with Crippen LogP contribution in [0.25, 0.3) is 17.1 Å². The Morgan fingerprint density at radius 3 is 2.69 bits per heavy atom. The van der Waals surface area contributed by atoms with Crippen LogP contribution in [0, 0.1) is 0 Å². The maximum Gasteiger partial charge on any atom is 0.270 e. The van der Waals surface area contributed by atoms with Crippen LogP contribution < -0.4 is 5.32 Å². The van der Waals surface area contributed by atoms with Crippen LogP contribution in [-0.4, -0.2) is 52.3 Å². The predicted octanol–water partition coefficient (Wildman–Crippen LogP) is 2.82. The molecule has 136 valence electrons. The van der Waals surface area contributed by atoms with Crippen LogP contribution in [-0.2, 0) is 7.05 Å². The fraction of sp³-hybridized carbons (Fsp3) is 0.263. The van der Waals surface area contributed by atoms with E-state index in [1.807, 2.05) is 61.1 Å². The minimum absolute atomic E-state index is 0.167. The van der Waals surface area contributed by atoms with E-state index < -0.39 is 0 Å². The lowest BCUT2D eigenvalue weighted by atomic mass is 10.2.